The zero-order chi connectivity index (χ0) is 14.8. The van der Waals surface area contributed by atoms with Crippen molar-refractivity contribution >= 4 is 11.8 Å². The van der Waals surface area contributed by atoms with Gasteiger partial charge in [0.2, 0.25) is 0 Å². The smallest absolute Gasteiger partial charge is 0.112 e. The van der Waals surface area contributed by atoms with Crippen LogP contribution in [0.5, 0.6) is 0 Å². The Morgan fingerprint density at radius 1 is 1.21 bits per heavy atom. The molecule has 19 heavy (non-hydrogen) atoms. The molecule has 1 aliphatic carbocycles. The zero-order valence-electron chi connectivity index (χ0n) is 11.8. The third-order valence-electron chi connectivity index (χ3n) is 1.99. The van der Waals surface area contributed by atoms with Crippen LogP contribution < -0.4 is 0 Å². The Morgan fingerprint density at radius 2 is 1.84 bits per heavy atom. The van der Waals surface area contributed by atoms with Gasteiger partial charge in [-0.15, -0.1) is 0 Å². The molecule has 2 nitrogen and oxygen atoms in total. The molecule has 1 rings (SSSR count). The second kappa shape index (κ2) is 9.34. The van der Waals surface area contributed by atoms with E-state index in [0.29, 0.717) is 0 Å². The van der Waals surface area contributed by atoms with E-state index in [-0.39, 0.29) is 17.4 Å². The van der Waals surface area contributed by atoms with Gasteiger partial charge in [0.25, 0.3) is 0 Å². The lowest BCUT2D eigenvalue weighted by atomic mass is 10.1. The van der Waals surface area contributed by atoms with Crippen molar-refractivity contribution in [3.63, 3.8) is 0 Å². The lowest BCUT2D eigenvalue weighted by Gasteiger charge is -2.03. The van der Waals surface area contributed by atoms with E-state index in [1.165, 1.54) is 17.8 Å². The van der Waals surface area contributed by atoms with Crippen molar-refractivity contribution in [2.45, 2.75) is 20.8 Å². The maximum atomic E-state index is 9.44. The average Bonchev–Trinajstić information content (AvgIpc) is 2.50. The summed E-state index contributed by atoms with van der Waals surface area (Å²) in [5, 5.41) is 18.4. The predicted molar refractivity (Wildman–Crippen MR) is 86.1 cm³/mol. The number of allylic oxidation sites excluding steroid dienone is 6. The molecule has 0 aliphatic heterocycles. The van der Waals surface area contributed by atoms with Crippen LogP contribution in [0, 0.1) is 5.92 Å². The van der Waals surface area contributed by atoms with E-state index in [9.17, 15) is 5.11 Å². The first-order valence-corrected chi connectivity index (χ1v) is 7.02. The predicted octanol–water partition coefficient (Wildman–Crippen LogP) is 5.42. The van der Waals surface area contributed by atoms with E-state index < -0.39 is 0 Å². The molecule has 0 aromatic heterocycles. The Morgan fingerprint density at radius 3 is 2.42 bits per heavy atom. The topological polar surface area (TPSA) is 40.5 Å². The van der Waals surface area contributed by atoms with Gasteiger partial charge in [-0.3, -0.25) is 0 Å². The van der Waals surface area contributed by atoms with Crippen LogP contribution in [0.3, 0.4) is 0 Å². The van der Waals surface area contributed by atoms with E-state index in [2.05, 4.69) is 13.2 Å². The zero-order valence-corrected chi connectivity index (χ0v) is 12.6. The van der Waals surface area contributed by atoms with Gasteiger partial charge in [-0.05, 0) is 36.3 Å². The molecule has 0 saturated heterocycles. The summed E-state index contributed by atoms with van der Waals surface area (Å²) in [7, 11) is 0. The lowest BCUT2D eigenvalue weighted by molar-refractivity contribution is 0.428. The van der Waals surface area contributed by atoms with Crippen LogP contribution >= 0.6 is 11.8 Å². The van der Waals surface area contributed by atoms with E-state index in [1.807, 2.05) is 32.9 Å². The molecule has 0 bridgehead atoms. The van der Waals surface area contributed by atoms with Gasteiger partial charge >= 0.3 is 0 Å². The van der Waals surface area contributed by atoms with E-state index in [1.54, 1.807) is 18.2 Å². The number of hydrogen-bond acceptors (Lipinski definition) is 3. The van der Waals surface area contributed by atoms with E-state index in [0.717, 1.165) is 9.81 Å². The molecule has 0 saturated carbocycles. The fourth-order valence-electron chi connectivity index (χ4n) is 1.30. The highest BCUT2D eigenvalue weighted by Crippen LogP contribution is 2.29. The Kier molecular flexibility index (Phi) is 8.55. The highest BCUT2D eigenvalue weighted by atomic mass is 32.2. The molecule has 0 radical (unpaired) electrons. The van der Waals surface area contributed by atoms with Gasteiger partial charge in [0, 0.05) is 9.81 Å². The average molecular weight is 278 g/mol. The molecule has 0 amide bonds. The maximum Gasteiger partial charge on any atom is 0.112 e. The van der Waals surface area contributed by atoms with Gasteiger partial charge < -0.3 is 10.2 Å². The molecule has 1 unspecified atom stereocenters. The molecule has 0 fully saturated rings. The van der Waals surface area contributed by atoms with Crippen molar-refractivity contribution in [3.05, 3.63) is 70.9 Å². The normalized spacial score (nSPS) is 17.9. The Hall–Kier alpha value is -1.61. The maximum absolute atomic E-state index is 9.44. The van der Waals surface area contributed by atoms with Crippen molar-refractivity contribution in [2.75, 3.05) is 0 Å². The molecule has 2 N–H and O–H groups in total. The van der Waals surface area contributed by atoms with Crippen LogP contribution in [0.4, 0.5) is 0 Å². The molecule has 1 atom stereocenters. The van der Waals surface area contributed by atoms with Crippen molar-refractivity contribution in [1.82, 2.24) is 0 Å². The first-order valence-electron chi connectivity index (χ1n) is 6.21. The van der Waals surface area contributed by atoms with Crippen LogP contribution in [0.25, 0.3) is 0 Å². The fourth-order valence-corrected chi connectivity index (χ4v) is 2.16. The van der Waals surface area contributed by atoms with Crippen LogP contribution in [-0.2, 0) is 0 Å². The minimum atomic E-state index is 0.00446. The summed E-state index contributed by atoms with van der Waals surface area (Å²) >= 11 is 1.48. The van der Waals surface area contributed by atoms with Gasteiger partial charge in [-0.25, -0.2) is 0 Å². The van der Waals surface area contributed by atoms with Crippen molar-refractivity contribution in [1.29, 1.82) is 0 Å². The molecule has 104 valence electrons. The Labute approximate surface area is 120 Å². The van der Waals surface area contributed by atoms with Crippen molar-refractivity contribution in [3.8, 4) is 0 Å². The number of aliphatic hydroxyl groups excluding tert-OH is 2. The van der Waals surface area contributed by atoms with Crippen LogP contribution in [-0.4, -0.2) is 10.2 Å². The highest BCUT2D eigenvalue weighted by Gasteiger charge is 2.04. The minimum Gasteiger partial charge on any atom is -0.509 e. The lowest BCUT2D eigenvalue weighted by Crippen LogP contribution is -1.84. The summed E-state index contributed by atoms with van der Waals surface area (Å²) in [4.78, 5) is 1.81. The van der Waals surface area contributed by atoms with Crippen molar-refractivity contribution < 1.29 is 10.2 Å². The molecule has 3 heteroatoms. The molecular weight excluding hydrogens is 256 g/mol. The molecule has 0 aromatic rings. The molecule has 0 spiro atoms. The third-order valence-corrected chi connectivity index (χ3v) is 2.90. The quantitative estimate of drug-likeness (QED) is 0.533. The molecule has 0 heterocycles. The Balaban J connectivity index is 0.00000154. The number of hydrogen-bond donors (Lipinski definition) is 2. The molecule has 0 aromatic carbocycles. The summed E-state index contributed by atoms with van der Waals surface area (Å²) < 4.78 is 0. The van der Waals surface area contributed by atoms with Crippen LogP contribution in [0.15, 0.2) is 70.9 Å². The standard InChI is InChI=1S/C14H16O2S.C2H6/c1-10-8-13(16)6-7-14(9-10)17-12(3)5-4-11(2)15;1-2/h4-10,15-16H,2-3H2,1H3;1-2H3/b5-4-;. The monoisotopic (exact) mass is 278 g/mol. The number of thioether (sulfide) groups is 1. The first kappa shape index (κ1) is 17.4. The fraction of sp³-hybridized carbons (Fsp3) is 0.250. The summed E-state index contributed by atoms with van der Waals surface area (Å²) in [5.74, 6) is 0.455. The summed E-state index contributed by atoms with van der Waals surface area (Å²) in [6.45, 7) is 13.2. The largest absolute Gasteiger partial charge is 0.509 e. The summed E-state index contributed by atoms with van der Waals surface area (Å²) in [5.41, 5.74) is 0. The van der Waals surface area contributed by atoms with E-state index in [4.69, 9.17) is 5.11 Å². The number of aliphatic hydroxyl groups is 2. The van der Waals surface area contributed by atoms with Gasteiger partial charge in [-0.1, -0.05) is 51.8 Å². The van der Waals surface area contributed by atoms with Gasteiger partial charge in [0.15, 0.2) is 0 Å². The third kappa shape index (κ3) is 8.16. The van der Waals surface area contributed by atoms with Crippen LogP contribution in [0.2, 0.25) is 0 Å². The summed E-state index contributed by atoms with van der Waals surface area (Å²) in [6.07, 6.45) is 10.5. The van der Waals surface area contributed by atoms with Crippen molar-refractivity contribution in [2.24, 2.45) is 5.92 Å². The van der Waals surface area contributed by atoms with Gasteiger partial charge in [0.1, 0.15) is 11.5 Å². The molecular formula is C16H22O2S. The minimum absolute atomic E-state index is 0.00446. The SMILES string of the molecule is C=C(O)/C=C\C(=C)SC1=CC(C)C=C(O)C=C1.CC. The Bertz CT molecular complexity index is 440. The second-order valence-electron chi connectivity index (χ2n) is 3.75. The summed E-state index contributed by atoms with van der Waals surface area (Å²) in [6, 6.07) is 0. The van der Waals surface area contributed by atoms with Gasteiger partial charge in [0.05, 0.1) is 0 Å². The number of rotatable bonds is 4. The first-order chi connectivity index (χ1) is 8.97. The van der Waals surface area contributed by atoms with E-state index >= 15 is 0 Å². The second-order valence-corrected chi connectivity index (χ2v) is 4.95. The van der Waals surface area contributed by atoms with Crippen LogP contribution in [0.1, 0.15) is 20.8 Å². The molecule has 1 aliphatic rings. The highest BCUT2D eigenvalue weighted by molar-refractivity contribution is 8.07. The van der Waals surface area contributed by atoms with Gasteiger partial charge in [-0.2, -0.15) is 0 Å².